The molecule has 0 spiro atoms. The molecule has 1 saturated carbocycles. The van der Waals surface area contributed by atoms with Gasteiger partial charge in [0.1, 0.15) is 0 Å². The molecule has 6 heteroatoms. The summed E-state index contributed by atoms with van der Waals surface area (Å²) >= 11 is 12.0. The average molecular weight is 353 g/mol. The van der Waals surface area contributed by atoms with Crippen LogP contribution in [0.25, 0.3) is 11.3 Å². The van der Waals surface area contributed by atoms with Gasteiger partial charge >= 0.3 is 0 Å². The fraction of sp³-hybridized carbons (Fsp3) is 0.412. The third kappa shape index (κ3) is 4.27. The summed E-state index contributed by atoms with van der Waals surface area (Å²) in [5.74, 6) is 1.17. The highest BCUT2D eigenvalue weighted by molar-refractivity contribution is 6.36. The van der Waals surface area contributed by atoms with Gasteiger partial charge in [-0.15, -0.1) is 0 Å². The summed E-state index contributed by atoms with van der Waals surface area (Å²) in [6.07, 6.45) is 7.06. The molecule has 0 aliphatic heterocycles. The van der Waals surface area contributed by atoms with Crippen LogP contribution in [0.2, 0.25) is 10.0 Å². The molecule has 1 heterocycles. The minimum atomic E-state index is 0.0566. The summed E-state index contributed by atoms with van der Waals surface area (Å²) in [4.78, 5) is 16.1. The molecular weight excluding hydrogens is 335 g/mol. The van der Waals surface area contributed by atoms with Gasteiger partial charge in [-0.3, -0.25) is 4.79 Å². The molecule has 1 N–H and O–H groups in total. The predicted octanol–water partition coefficient (Wildman–Crippen LogP) is 4.64. The first-order chi connectivity index (χ1) is 11.1. The monoisotopic (exact) mass is 352 g/mol. The second-order valence-electron chi connectivity index (χ2n) is 5.79. The zero-order chi connectivity index (χ0) is 16.2. The molecule has 0 unspecified atom stereocenters. The molecule has 4 nitrogen and oxygen atoms in total. The maximum atomic E-state index is 11.9. The number of benzene rings is 1. The number of amides is 1. The molecule has 1 amide bonds. The first-order valence-electron chi connectivity index (χ1n) is 7.81. The summed E-state index contributed by atoms with van der Waals surface area (Å²) in [6, 6.07) is 5.55. The molecule has 2 aromatic rings. The van der Waals surface area contributed by atoms with Crippen LogP contribution < -0.4 is 5.32 Å². The normalized spacial score (nSPS) is 15.0. The van der Waals surface area contributed by atoms with E-state index in [1.807, 2.05) is 0 Å². The molecule has 3 rings (SSSR count). The average Bonchev–Trinajstić information content (AvgIpc) is 3.17. The van der Waals surface area contributed by atoms with E-state index in [0.29, 0.717) is 40.6 Å². The highest BCUT2D eigenvalue weighted by Crippen LogP contribution is 2.30. The Morgan fingerprint density at radius 3 is 2.83 bits per heavy atom. The molecule has 0 atom stereocenters. The fourth-order valence-corrected chi connectivity index (χ4v) is 3.33. The van der Waals surface area contributed by atoms with Crippen molar-refractivity contribution in [2.24, 2.45) is 0 Å². The van der Waals surface area contributed by atoms with E-state index in [4.69, 9.17) is 27.6 Å². The van der Waals surface area contributed by atoms with Crippen molar-refractivity contribution >= 4 is 29.1 Å². The van der Waals surface area contributed by atoms with Crippen molar-refractivity contribution in [1.82, 2.24) is 10.3 Å². The van der Waals surface area contributed by atoms with Crippen molar-refractivity contribution in [2.75, 3.05) is 0 Å². The van der Waals surface area contributed by atoms with Gasteiger partial charge in [0.15, 0.2) is 11.7 Å². The lowest BCUT2D eigenvalue weighted by Crippen LogP contribution is -2.32. The van der Waals surface area contributed by atoms with E-state index >= 15 is 0 Å². The summed E-state index contributed by atoms with van der Waals surface area (Å²) < 4.78 is 5.69. The van der Waals surface area contributed by atoms with Crippen molar-refractivity contribution in [3.63, 3.8) is 0 Å². The lowest BCUT2D eigenvalue weighted by atomic mass is 10.2. The van der Waals surface area contributed by atoms with E-state index in [1.54, 1.807) is 24.4 Å². The zero-order valence-electron chi connectivity index (χ0n) is 12.6. The summed E-state index contributed by atoms with van der Waals surface area (Å²) in [5.41, 5.74) is 0.741. The van der Waals surface area contributed by atoms with Gasteiger partial charge in [0.25, 0.3) is 0 Å². The molecule has 1 aromatic heterocycles. The topological polar surface area (TPSA) is 55.1 Å². The van der Waals surface area contributed by atoms with Gasteiger partial charge in [-0.05, 0) is 31.0 Å². The van der Waals surface area contributed by atoms with Gasteiger partial charge in [0, 0.05) is 29.5 Å². The van der Waals surface area contributed by atoms with Crippen LogP contribution in [0.5, 0.6) is 0 Å². The van der Waals surface area contributed by atoms with E-state index in [0.717, 1.165) is 18.4 Å². The number of aryl methyl sites for hydroxylation is 1. The molecule has 1 aliphatic carbocycles. The molecule has 23 heavy (non-hydrogen) atoms. The Morgan fingerprint density at radius 1 is 1.30 bits per heavy atom. The minimum Gasteiger partial charge on any atom is -0.441 e. The largest absolute Gasteiger partial charge is 0.441 e. The second kappa shape index (κ2) is 7.37. The van der Waals surface area contributed by atoms with E-state index in [1.165, 1.54) is 12.8 Å². The van der Waals surface area contributed by atoms with Crippen LogP contribution in [0.15, 0.2) is 28.8 Å². The van der Waals surface area contributed by atoms with Gasteiger partial charge < -0.3 is 9.73 Å². The maximum Gasteiger partial charge on any atom is 0.220 e. The molecule has 1 fully saturated rings. The fourth-order valence-electron chi connectivity index (χ4n) is 2.83. The zero-order valence-corrected chi connectivity index (χ0v) is 14.2. The van der Waals surface area contributed by atoms with Crippen molar-refractivity contribution in [2.45, 2.75) is 44.6 Å². The number of halogens is 2. The quantitative estimate of drug-likeness (QED) is 0.852. The van der Waals surface area contributed by atoms with Gasteiger partial charge in [0.2, 0.25) is 5.91 Å². The SMILES string of the molecule is O=C(CCc1ncc(-c2ccc(Cl)cc2Cl)o1)NC1CCCC1. The van der Waals surface area contributed by atoms with Crippen LogP contribution in [0, 0.1) is 0 Å². The van der Waals surface area contributed by atoms with Crippen LogP contribution >= 0.6 is 23.2 Å². The number of oxazole rings is 1. The third-order valence-electron chi connectivity index (χ3n) is 4.04. The number of nitrogens with zero attached hydrogens (tertiary/aromatic N) is 1. The van der Waals surface area contributed by atoms with Gasteiger partial charge in [-0.2, -0.15) is 0 Å². The lowest BCUT2D eigenvalue weighted by molar-refractivity contribution is -0.121. The van der Waals surface area contributed by atoms with E-state index < -0.39 is 0 Å². The summed E-state index contributed by atoms with van der Waals surface area (Å²) in [5, 5.41) is 4.14. The molecule has 1 aliphatic rings. The predicted molar refractivity (Wildman–Crippen MR) is 90.7 cm³/mol. The Bertz CT molecular complexity index is 694. The van der Waals surface area contributed by atoms with E-state index in [2.05, 4.69) is 10.3 Å². The second-order valence-corrected chi connectivity index (χ2v) is 6.63. The van der Waals surface area contributed by atoms with Crippen LogP contribution in [0.1, 0.15) is 38.0 Å². The Balaban J connectivity index is 1.57. The molecule has 0 saturated heterocycles. The molecular formula is C17H18Cl2N2O2. The van der Waals surface area contributed by atoms with E-state index in [9.17, 15) is 4.79 Å². The van der Waals surface area contributed by atoms with Crippen LogP contribution in [0.3, 0.4) is 0 Å². The van der Waals surface area contributed by atoms with Gasteiger partial charge in [-0.25, -0.2) is 4.98 Å². The Morgan fingerprint density at radius 2 is 2.09 bits per heavy atom. The van der Waals surface area contributed by atoms with Crippen LogP contribution in [0.4, 0.5) is 0 Å². The number of hydrogen-bond donors (Lipinski definition) is 1. The first kappa shape index (κ1) is 16.3. The lowest BCUT2D eigenvalue weighted by Gasteiger charge is -2.10. The van der Waals surface area contributed by atoms with Crippen molar-refractivity contribution in [1.29, 1.82) is 0 Å². The number of rotatable bonds is 5. The third-order valence-corrected chi connectivity index (χ3v) is 4.58. The van der Waals surface area contributed by atoms with Gasteiger partial charge in [-0.1, -0.05) is 36.0 Å². The van der Waals surface area contributed by atoms with Crippen molar-refractivity contribution in [3.05, 3.63) is 40.3 Å². The van der Waals surface area contributed by atoms with Crippen LogP contribution in [-0.4, -0.2) is 16.9 Å². The standard InChI is InChI=1S/C17H18Cl2N2O2/c18-11-5-6-13(14(19)9-11)15-10-20-17(23-15)8-7-16(22)21-12-3-1-2-4-12/h5-6,9-10,12H,1-4,7-8H2,(H,21,22). The number of aromatic nitrogens is 1. The number of hydrogen-bond acceptors (Lipinski definition) is 3. The van der Waals surface area contributed by atoms with E-state index in [-0.39, 0.29) is 5.91 Å². The number of carbonyl (C=O) groups excluding carboxylic acids is 1. The Labute approximate surface area is 145 Å². The summed E-state index contributed by atoms with van der Waals surface area (Å²) in [7, 11) is 0. The highest BCUT2D eigenvalue weighted by Gasteiger charge is 2.17. The first-order valence-corrected chi connectivity index (χ1v) is 8.57. The van der Waals surface area contributed by atoms with Crippen molar-refractivity contribution in [3.8, 4) is 11.3 Å². The van der Waals surface area contributed by atoms with Gasteiger partial charge in [0.05, 0.1) is 11.2 Å². The van der Waals surface area contributed by atoms with Crippen LogP contribution in [-0.2, 0) is 11.2 Å². The number of carbonyl (C=O) groups is 1. The smallest absolute Gasteiger partial charge is 0.220 e. The molecule has 0 bridgehead atoms. The maximum absolute atomic E-state index is 11.9. The van der Waals surface area contributed by atoms with Crippen molar-refractivity contribution < 1.29 is 9.21 Å². The molecule has 1 aromatic carbocycles. The number of nitrogens with one attached hydrogen (secondary N) is 1. The summed E-state index contributed by atoms with van der Waals surface area (Å²) in [6.45, 7) is 0. The minimum absolute atomic E-state index is 0.0566. The highest BCUT2D eigenvalue weighted by atomic mass is 35.5. The Kier molecular flexibility index (Phi) is 5.23. The molecule has 122 valence electrons. The Hall–Kier alpha value is -1.52. The molecule has 0 radical (unpaired) electrons.